The van der Waals surface area contributed by atoms with E-state index >= 15 is 0 Å². The maximum absolute atomic E-state index is 5.33. The molecule has 48 valence electrons. The second kappa shape index (κ2) is 1.71. The van der Waals surface area contributed by atoms with Gasteiger partial charge in [-0.15, -0.1) is 0 Å². The van der Waals surface area contributed by atoms with Gasteiger partial charge in [-0.1, -0.05) is 0 Å². The van der Waals surface area contributed by atoms with Crippen LogP contribution >= 0.6 is 0 Å². The van der Waals surface area contributed by atoms with Crippen molar-refractivity contribution in [2.24, 2.45) is 0 Å². The van der Waals surface area contributed by atoms with Crippen LogP contribution in [0, 0.1) is 0 Å². The average Bonchev–Trinajstić information content (AvgIpc) is 2.12. The van der Waals surface area contributed by atoms with Crippen LogP contribution in [0.4, 0.5) is 0 Å². The Morgan fingerprint density at radius 3 is 2.12 bits per heavy atom. The molecular formula is C6H12O2. The van der Waals surface area contributed by atoms with Crippen LogP contribution in [0.5, 0.6) is 0 Å². The first kappa shape index (κ1) is 6.05. The number of rotatable bonds is 1. The van der Waals surface area contributed by atoms with Gasteiger partial charge in [0.1, 0.15) is 6.61 Å². The Kier molecular flexibility index (Phi) is 1.29. The summed E-state index contributed by atoms with van der Waals surface area (Å²) < 4.78 is 10.2. The Labute approximate surface area is 49.8 Å². The van der Waals surface area contributed by atoms with Crippen LogP contribution in [0.1, 0.15) is 20.8 Å². The number of hydrogen-bond donors (Lipinski definition) is 0. The number of hydrogen-bond acceptors (Lipinski definition) is 2. The summed E-state index contributed by atoms with van der Waals surface area (Å²) in [6, 6.07) is 0. The lowest BCUT2D eigenvalue weighted by Gasteiger charge is -2.16. The summed E-state index contributed by atoms with van der Waals surface area (Å²) in [4.78, 5) is 0. The molecule has 1 aliphatic heterocycles. The van der Waals surface area contributed by atoms with Crippen molar-refractivity contribution in [2.75, 3.05) is 6.61 Å². The average molecular weight is 116 g/mol. The second-order valence-electron chi connectivity index (χ2n) is 2.99. The van der Waals surface area contributed by atoms with Gasteiger partial charge in [-0.2, -0.15) is 0 Å². The Balaban J connectivity index is 2.16. The Morgan fingerprint density at radius 1 is 1.50 bits per heavy atom. The smallest absolute Gasteiger partial charge is 0.181 e. The van der Waals surface area contributed by atoms with E-state index in [0.29, 0.717) is 0 Å². The molecule has 1 aliphatic rings. The molecule has 8 heavy (non-hydrogen) atoms. The molecule has 1 atom stereocenters. The van der Waals surface area contributed by atoms with Gasteiger partial charge in [0.05, 0.1) is 5.60 Å². The van der Waals surface area contributed by atoms with Crippen LogP contribution in [0.25, 0.3) is 0 Å². The van der Waals surface area contributed by atoms with E-state index in [0.717, 1.165) is 6.61 Å². The lowest BCUT2D eigenvalue weighted by molar-refractivity contribution is -0.0566. The van der Waals surface area contributed by atoms with Gasteiger partial charge in [0, 0.05) is 0 Å². The fourth-order valence-corrected chi connectivity index (χ4v) is 0.502. The first-order valence-corrected chi connectivity index (χ1v) is 2.87. The van der Waals surface area contributed by atoms with Gasteiger partial charge >= 0.3 is 0 Å². The monoisotopic (exact) mass is 116 g/mol. The molecule has 1 rings (SSSR count). The lowest BCUT2D eigenvalue weighted by Crippen LogP contribution is -2.20. The normalized spacial score (nSPS) is 28.1. The minimum atomic E-state index is -0.0405. The summed E-state index contributed by atoms with van der Waals surface area (Å²) in [5, 5.41) is 0. The summed E-state index contributed by atoms with van der Waals surface area (Å²) in [5.74, 6) is 0. The van der Waals surface area contributed by atoms with Crippen LogP contribution in [0.2, 0.25) is 0 Å². The molecule has 0 aromatic rings. The zero-order valence-corrected chi connectivity index (χ0v) is 5.60. The van der Waals surface area contributed by atoms with Crippen molar-refractivity contribution in [3.63, 3.8) is 0 Å². The van der Waals surface area contributed by atoms with E-state index < -0.39 is 0 Å². The van der Waals surface area contributed by atoms with Crippen molar-refractivity contribution in [3.05, 3.63) is 0 Å². The van der Waals surface area contributed by atoms with Crippen molar-refractivity contribution in [1.29, 1.82) is 0 Å². The maximum atomic E-state index is 5.33. The van der Waals surface area contributed by atoms with E-state index in [1.807, 2.05) is 20.8 Å². The van der Waals surface area contributed by atoms with Gasteiger partial charge in [0.15, 0.2) is 6.29 Å². The SMILES string of the molecule is CC(C)(C)OC1CO1. The minimum Gasteiger partial charge on any atom is -0.345 e. The molecule has 1 saturated heterocycles. The third-order valence-corrected chi connectivity index (χ3v) is 0.788. The molecule has 0 bridgehead atoms. The highest BCUT2D eigenvalue weighted by Crippen LogP contribution is 2.19. The van der Waals surface area contributed by atoms with Crippen molar-refractivity contribution >= 4 is 0 Å². The number of ether oxygens (including phenoxy) is 2. The topological polar surface area (TPSA) is 21.8 Å². The highest BCUT2D eigenvalue weighted by Gasteiger charge is 2.28. The van der Waals surface area contributed by atoms with Crippen LogP contribution in [-0.4, -0.2) is 18.5 Å². The molecule has 1 heterocycles. The van der Waals surface area contributed by atoms with Gasteiger partial charge in [-0.3, -0.25) is 0 Å². The van der Waals surface area contributed by atoms with Crippen molar-refractivity contribution in [1.82, 2.24) is 0 Å². The predicted octanol–water partition coefficient (Wildman–Crippen LogP) is 1.16. The van der Waals surface area contributed by atoms with Crippen LogP contribution in [0.3, 0.4) is 0 Å². The van der Waals surface area contributed by atoms with Gasteiger partial charge in [0.25, 0.3) is 0 Å². The van der Waals surface area contributed by atoms with E-state index in [1.165, 1.54) is 0 Å². The van der Waals surface area contributed by atoms with E-state index in [4.69, 9.17) is 9.47 Å². The fraction of sp³-hybridized carbons (Fsp3) is 1.00. The second-order valence-corrected chi connectivity index (χ2v) is 2.99. The van der Waals surface area contributed by atoms with E-state index in [1.54, 1.807) is 0 Å². The molecule has 0 aromatic carbocycles. The minimum absolute atomic E-state index is 0.0405. The summed E-state index contributed by atoms with van der Waals surface area (Å²) in [5.41, 5.74) is -0.0405. The molecule has 0 spiro atoms. The van der Waals surface area contributed by atoms with Crippen molar-refractivity contribution in [2.45, 2.75) is 32.7 Å². The zero-order chi connectivity index (χ0) is 6.20. The quantitative estimate of drug-likeness (QED) is 0.479. The molecule has 2 nitrogen and oxygen atoms in total. The van der Waals surface area contributed by atoms with Gasteiger partial charge < -0.3 is 9.47 Å². The Morgan fingerprint density at radius 2 is 2.00 bits per heavy atom. The first-order valence-electron chi connectivity index (χ1n) is 2.87. The summed E-state index contributed by atoms with van der Waals surface area (Å²) in [6.07, 6.45) is 0.0926. The molecule has 0 radical (unpaired) electrons. The van der Waals surface area contributed by atoms with E-state index in [9.17, 15) is 0 Å². The largest absolute Gasteiger partial charge is 0.345 e. The summed E-state index contributed by atoms with van der Waals surface area (Å²) >= 11 is 0. The molecule has 0 saturated carbocycles. The molecule has 1 unspecified atom stereocenters. The first-order chi connectivity index (χ1) is 3.58. The Bertz CT molecular complexity index is 79.0. The summed E-state index contributed by atoms with van der Waals surface area (Å²) in [6.45, 7) is 6.84. The summed E-state index contributed by atoms with van der Waals surface area (Å²) in [7, 11) is 0. The number of epoxide rings is 1. The van der Waals surface area contributed by atoms with E-state index in [-0.39, 0.29) is 11.9 Å². The van der Waals surface area contributed by atoms with E-state index in [2.05, 4.69) is 0 Å². The molecule has 0 aromatic heterocycles. The molecular weight excluding hydrogens is 104 g/mol. The predicted molar refractivity (Wildman–Crippen MR) is 30.6 cm³/mol. The van der Waals surface area contributed by atoms with Crippen molar-refractivity contribution < 1.29 is 9.47 Å². The van der Waals surface area contributed by atoms with Crippen LogP contribution in [0.15, 0.2) is 0 Å². The molecule has 0 aliphatic carbocycles. The van der Waals surface area contributed by atoms with Crippen LogP contribution in [-0.2, 0) is 9.47 Å². The Hall–Kier alpha value is -0.0800. The highest BCUT2D eigenvalue weighted by molar-refractivity contribution is 4.65. The molecule has 0 N–H and O–H groups in total. The maximum Gasteiger partial charge on any atom is 0.181 e. The van der Waals surface area contributed by atoms with Crippen molar-refractivity contribution in [3.8, 4) is 0 Å². The third kappa shape index (κ3) is 2.28. The van der Waals surface area contributed by atoms with Gasteiger partial charge in [0.2, 0.25) is 0 Å². The zero-order valence-electron chi connectivity index (χ0n) is 5.60. The molecule has 1 fully saturated rings. The highest BCUT2D eigenvalue weighted by atomic mass is 16.8. The molecule has 2 heteroatoms. The van der Waals surface area contributed by atoms with Gasteiger partial charge in [-0.05, 0) is 20.8 Å². The van der Waals surface area contributed by atoms with Gasteiger partial charge in [-0.25, -0.2) is 0 Å². The molecule has 0 amide bonds. The van der Waals surface area contributed by atoms with Crippen LogP contribution < -0.4 is 0 Å². The lowest BCUT2D eigenvalue weighted by atomic mass is 10.2. The third-order valence-electron chi connectivity index (χ3n) is 0.788. The fourth-order valence-electron chi connectivity index (χ4n) is 0.502. The standard InChI is InChI=1S/C6H12O2/c1-6(2,3)8-5-4-7-5/h5H,4H2,1-3H3.